The second-order valence-electron chi connectivity index (χ2n) is 8.32. The van der Waals surface area contributed by atoms with Crippen molar-refractivity contribution in [2.45, 2.75) is 50.1 Å². The predicted octanol–water partition coefficient (Wildman–Crippen LogP) is 0.307. The Balaban J connectivity index is 1.64. The number of nitrogens with zero attached hydrogens (tertiary/aromatic N) is 1. The van der Waals surface area contributed by atoms with Crippen molar-refractivity contribution < 1.29 is 18.0 Å². The first-order valence-electron chi connectivity index (χ1n) is 9.09. The first-order chi connectivity index (χ1) is 12.2. The van der Waals surface area contributed by atoms with Crippen LogP contribution in [0.15, 0.2) is 0 Å². The van der Waals surface area contributed by atoms with E-state index in [-0.39, 0.29) is 12.1 Å². The minimum atomic E-state index is -3.48. The number of amides is 3. The molecular formula is C17H26N4O4S. The number of urea groups is 1. The number of carbonyl (C=O) groups is 2. The van der Waals surface area contributed by atoms with Gasteiger partial charge in [-0.05, 0) is 56.3 Å². The van der Waals surface area contributed by atoms with Crippen LogP contribution in [0.1, 0.15) is 38.5 Å². The molecule has 0 aromatic rings. The first kappa shape index (κ1) is 19.0. The Morgan fingerprint density at radius 2 is 1.69 bits per heavy atom. The molecule has 8 nitrogen and oxygen atoms in total. The van der Waals surface area contributed by atoms with Crippen LogP contribution < -0.4 is 16.0 Å². The Labute approximate surface area is 154 Å². The lowest BCUT2D eigenvalue weighted by Crippen LogP contribution is -2.63. The number of sulfone groups is 1. The van der Waals surface area contributed by atoms with Gasteiger partial charge in [-0.15, -0.1) is 0 Å². The third-order valence-electron chi connectivity index (χ3n) is 5.85. The summed E-state index contributed by atoms with van der Waals surface area (Å²) in [4.78, 5) is 24.7. The predicted molar refractivity (Wildman–Crippen MR) is 94.7 cm³/mol. The van der Waals surface area contributed by atoms with E-state index in [1.165, 1.54) is 19.3 Å². The van der Waals surface area contributed by atoms with Crippen molar-refractivity contribution in [1.82, 2.24) is 16.0 Å². The molecule has 9 heteroatoms. The standard InChI is InChI=1S/C17H26N4O4S/c1-26(24,25)10-14(15(22)19-3-2-18)20-16(23)21-17-7-11-4-12(8-17)6-13(5-11)9-17/h11-14H,3-10H2,1H3,(H,19,22)(H2,20,21,23). The molecule has 4 fully saturated rings. The van der Waals surface area contributed by atoms with Gasteiger partial charge in [-0.25, -0.2) is 13.2 Å². The molecule has 4 bridgehead atoms. The fourth-order valence-electron chi connectivity index (χ4n) is 5.43. The third-order valence-corrected chi connectivity index (χ3v) is 6.79. The number of hydrogen-bond acceptors (Lipinski definition) is 5. The van der Waals surface area contributed by atoms with Crippen LogP contribution in [-0.2, 0) is 14.6 Å². The molecule has 0 radical (unpaired) electrons. The molecule has 1 unspecified atom stereocenters. The summed E-state index contributed by atoms with van der Waals surface area (Å²) in [5.74, 6) is 0.808. The average Bonchev–Trinajstić information content (AvgIpc) is 2.48. The van der Waals surface area contributed by atoms with E-state index in [2.05, 4.69) is 16.0 Å². The van der Waals surface area contributed by atoms with E-state index in [9.17, 15) is 18.0 Å². The smallest absolute Gasteiger partial charge is 0.315 e. The van der Waals surface area contributed by atoms with Gasteiger partial charge >= 0.3 is 6.03 Å². The molecule has 26 heavy (non-hydrogen) atoms. The minimum absolute atomic E-state index is 0.225. The van der Waals surface area contributed by atoms with E-state index in [0.717, 1.165) is 25.5 Å². The summed E-state index contributed by atoms with van der Waals surface area (Å²) in [6, 6.07) is 0.0407. The molecule has 0 aromatic carbocycles. The number of carbonyl (C=O) groups excluding carboxylic acids is 2. The summed E-state index contributed by atoms with van der Waals surface area (Å²) < 4.78 is 23.2. The minimum Gasteiger partial charge on any atom is -0.341 e. The van der Waals surface area contributed by atoms with Crippen molar-refractivity contribution in [3.63, 3.8) is 0 Å². The van der Waals surface area contributed by atoms with Gasteiger partial charge in [0.15, 0.2) is 0 Å². The quantitative estimate of drug-likeness (QED) is 0.570. The Kier molecular flexibility index (Phi) is 5.15. The zero-order chi connectivity index (χ0) is 18.9. The van der Waals surface area contributed by atoms with Crippen LogP contribution in [0.25, 0.3) is 0 Å². The topological polar surface area (TPSA) is 128 Å². The molecule has 0 heterocycles. The number of nitriles is 1. The van der Waals surface area contributed by atoms with E-state index in [4.69, 9.17) is 5.26 Å². The van der Waals surface area contributed by atoms with E-state index < -0.39 is 33.6 Å². The van der Waals surface area contributed by atoms with E-state index in [1.807, 2.05) is 0 Å². The highest BCUT2D eigenvalue weighted by molar-refractivity contribution is 7.90. The van der Waals surface area contributed by atoms with Gasteiger partial charge in [0, 0.05) is 11.8 Å². The zero-order valence-corrected chi connectivity index (χ0v) is 15.8. The maximum atomic E-state index is 12.5. The molecule has 0 saturated heterocycles. The van der Waals surface area contributed by atoms with Crippen molar-refractivity contribution in [1.29, 1.82) is 5.26 Å². The fraction of sp³-hybridized carbons (Fsp3) is 0.824. The van der Waals surface area contributed by atoms with Crippen molar-refractivity contribution in [3.05, 3.63) is 0 Å². The highest BCUT2D eigenvalue weighted by Gasteiger charge is 2.51. The van der Waals surface area contributed by atoms with Crippen LogP contribution in [-0.4, -0.2) is 50.5 Å². The number of nitrogens with one attached hydrogen (secondary N) is 3. The van der Waals surface area contributed by atoms with Crippen LogP contribution in [0.5, 0.6) is 0 Å². The lowest BCUT2D eigenvalue weighted by atomic mass is 9.53. The number of rotatable bonds is 6. The van der Waals surface area contributed by atoms with E-state index >= 15 is 0 Å². The van der Waals surface area contributed by atoms with Crippen molar-refractivity contribution in [3.8, 4) is 6.07 Å². The molecule has 3 N–H and O–H groups in total. The molecular weight excluding hydrogens is 356 g/mol. The van der Waals surface area contributed by atoms with Crippen LogP contribution in [0, 0.1) is 29.1 Å². The highest BCUT2D eigenvalue weighted by atomic mass is 32.2. The summed E-state index contributed by atoms with van der Waals surface area (Å²) in [6.45, 7) is -0.239. The third kappa shape index (κ3) is 4.47. The zero-order valence-electron chi connectivity index (χ0n) is 15.0. The van der Waals surface area contributed by atoms with Gasteiger partial charge in [0.1, 0.15) is 22.4 Å². The maximum absolute atomic E-state index is 12.5. The summed E-state index contributed by atoms with van der Waals surface area (Å²) in [5, 5.41) is 16.5. The molecule has 4 aliphatic rings. The maximum Gasteiger partial charge on any atom is 0.315 e. The average molecular weight is 382 g/mol. The molecule has 144 valence electrons. The van der Waals surface area contributed by atoms with Gasteiger partial charge in [-0.2, -0.15) is 5.26 Å². The lowest BCUT2D eigenvalue weighted by molar-refractivity contribution is -0.122. The van der Waals surface area contributed by atoms with Gasteiger partial charge in [0.05, 0.1) is 11.8 Å². The summed E-state index contributed by atoms with van der Waals surface area (Å²) in [5.41, 5.74) is -0.225. The Morgan fingerprint density at radius 3 is 2.15 bits per heavy atom. The van der Waals surface area contributed by atoms with Crippen molar-refractivity contribution in [2.24, 2.45) is 17.8 Å². The monoisotopic (exact) mass is 382 g/mol. The number of hydrogen-bond donors (Lipinski definition) is 3. The SMILES string of the molecule is CS(=O)(=O)CC(NC(=O)NC12CC3CC(CC(C3)C1)C2)C(=O)NCC#N. The second kappa shape index (κ2) is 7.06. The Bertz CT molecular complexity index is 692. The van der Waals surface area contributed by atoms with Crippen LogP contribution >= 0.6 is 0 Å². The molecule has 3 amide bonds. The second-order valence-corrected chi connectivity index (χ2v) is 10.5. The van der Waals surface area contributed by atoms with Gasteiger partial charge in [0.2, 0.25) is 5.91 Å². The molecule has 0 aliphatic heterocycles. The van der Waals surface area contributed by atoms with E-state index in [1.54, 1.807) is 6.07 Å². The van der Waals surface area contributed by atoms with Crippen LogP contribution in [0.4, 0.5) is 4.79 Å². The Morgan fingerprint density at radius 1 is 1.15 bits per heavy atom. The summed E-state index contributed by atoms with van der Waals surface area (Å²) in [6.07, 6.45) is 7.63. The van der Waals surface area contributed by atoms with Crippen LogP contribution in [0.3, 0.4) is 0 Å². The summed E-state index contributed by atoms with van der Waals surface area (Å²) >= 11 is 0. The summed E-state index contributed by atoms with van der Waals surface area (Å²) in [7, 11) is -3.48. The van der Waals surface area contributed by atoms with Crippen molar-refractivity contribution in [2.75, 3.05) is 18.6 Å². The first-order valence-corrected chi connectivity index (χ1v) is 11.2. The lowest BCUT2D eigenvalue weighted by Gasteiger charge is -2.56. The Hall–Kier alpha value is -1.82. The van der Waals surface area contributed by atoms with Gasteiger partial charge < -0.3 is 16.0 Å². The van der Waals surface area contributed by atoms with E-state index in [0.29, 0.717) is 17.8 Å². The highest BCUT2D eigenvalue weighted by Crippen LogP contribution is 2.55. The van der Waals surface area contributed by atoms with Gasteiger partial charge in [0.25, 0.3) is 0 Å². The molecule has 4 aliphatic carbocycles. The van der Waals surface area contributed by atoms with Crippen LogP contribution in [0.2, 0.25) is 0 Å². The van der Waals surface area contributed by atoms with Gasteiger partial charge in [-0.1, -0.05) is 0 Å². The molecule has 4 rings (SSSR count). The molecule has 1 atom stereocenters. The van der Waals surface area contributed by atoms with Crippen molar-refractivity contribution >= 4 is 21.8 Å². The molecule has 0 spiro atoms. The largest absolute Gasteiger partial charge is 0.341 e. The van der Waals surface area contributed by atoms with Gasteiger partial charge in [-0.3, -0.25) is 4.79 Å². The molecule has 4 saturated carbocycles. The fourth-order valence-corrected chi connectivity index (χ4v) is 6.27. The normalized spacial score (nSPS) is 33.2. The molecule has 0 aromatic heterocycles.